The second-order valence-corrected chi connectivity index (χ2v) is 4.93. The van der Waals surface area contributed by atoms with Crippen LogP contribution in [0, 0.1) is 5.92 Å². The van der Waals surface area contributed by atoms with Gasteiger partial charge in [-0.3, -0.25) is 9.59 Å². The summed E-state index contributed by atoms with van der Waals surface area (Å²) in [6.07, 6.45) is 3.16. The van der Waals surface area contributed by atoms with Crippen molar-refractivity contribution in [2.75, 3.05) is 18.0 Å². The van der Waals surface area contributed by atoms with Gasteiger partial charge in [0.15, 0.2) is 0 Å². The molecule has 102 valence electrons. The molecule has 0 bridgehead atoms. The molecule has 19 heavy (non-hydrogen) atoms. The van der Waals surface area contributed by atoms with Crippen LogP contribution in [-0.2, 0) is 9.59 Å². The van der Waals surface area contributed by atoms with Gasteiger partial charge in [0.2, 0.25) is 11.8 Å². The summed E-state index contributed by atoms with van der Waals surface area (Å²) in [5, 5.41) is 2.91. The lowest BCUT2D eigenvalue weighted by atomic mass is 9.85. The molecule has 1 saturated carbocycles. The van der Waals surface area contributed by atoms with E-state index in [1.54, 1.807) is 11.8 Å². The number of hydrogen-bond donors (Lipinski definition) is 1. The lowest BCUT2D eigenvalue weighted by molar-refractivity contribution is -0.127. The number of amides is 2. The molecular formula is C15H20N2O2. The van der Waals surface area contributed by atoms with Crippen LogP contribution in [-0.4, -0.2) is 24.9 Å². The Labute approximate surface area is 113 Å². The van der Waals surface area contributed by atoms with Crippen molar-refractivity contribution in [1.82, 2.24) is 5.32 Å². The average Bonchev–Trinajstić information content (AvgIpc) is 2.33. The molecule has 1 aromatic rings. The Morgan fingerprint density at radius 1 is 1.26 bits per heavy atom. The molecule has 1 aliphatic carbocycles. The number of para-hydroxylation sites is 1. The normalized spacial score (nSPS) is 14.6. The summed E-state index contributed by atoms with van der Waals surface area (Å²) in [5.74, 6) is 0.314. The Balaban J connectivity index is 1.84. The van der Waals surface area contributed by atoms with E-state index in [1.165, 1.54) is 0 Å². The third-order valence-electron chi connectivity index (χ3n) is 3.56. The van der Waals surface area contributed by atoms with Gasteiger partial charge in [-0.1, -0.05) is 24.6 Å². The first-order valence-corrected chi connectivity index (χ1v) is 6.79. The molecule has 0 spiro atoms. The van der Waals surface area contributed by atoms with Crippen LogP contribution in [0.15, 0.2) is 30.3 Å². The molecule has 0 radical (unpaired) electrons. The minimum absolute atomic E-state index is 0.0101. The first-order valence-electron chi connectivity index (χ1n) is 6.79. The van der Waals surface area contributed by atoms with Crippen molar-refractivity contribution < 1.29 is 9.59 Å². The molecule has 0 atom stereocenters. The Hall–Kier alpha value is -1.84. The van der Waals surface area contributed by atoms with Crippen molar-refractivity contribution in [3.05, 3.63) is 30.3 Å². The molecular weight excluding hydrogens is 240 g/mol. The number of hydrogen-bond acceptors (Lipinski definition) is 2. The van der Waals surface area contributed by atoms with Gasteiger partial charge < -0.3 is 10.2 Å². The zero-order valence-corrected chi connectivity index (χ0v) is 11.3. The quantitative estimate of drug-likeness (QED) is 0.879. The highest BCUT2D eigenvalue weighted by atomic mass is 16.2. The summed E-state index contributed by atoms with van der Waals surface area (Å²) >= 11 is 0. The van der Waals surface area contributed by atoms with E-state index in [-0.39, 0.29) is 17.7 Å². The second-order valence-electron chi connectivity index (χ2n) is 4.93. The lowest BCUT2D eigenvalue weighted by Crippen LogP contribution is -2.41. The first kappa shape index (κ1) is 13.6. The van der Waals surface area contributed by atoms with Crippen LogP contribution >= 0.6 is 0 Å². The second kappa shape index (κ2) is 6.36. The van der Waals surface area contributed by atoms with Crippen molar-refractivity contribution in [3.8, 4) is 0 Å². The number of rotatable bonds is 5. The molecule has 0 heterocycles. The highest BCUT2D eigenvalue weighted by Gasteiger charge is 2.24. The van der Waals surface area contributed by atoms with Gasteiger partial charge in [0.25, 0.3) is 0 Å². The summed E-state index contributed by atoms with van der Waals surface area (Å²) in [5.41, 5.74) is 0.868. The fraction of sp³-hybridized carbons (Fsp3) is 0.467. The molecule has 0 aliphatic heterocycles. The SMILES string of the molecule is CC(=O)N(CCNC(=O)C1CCC1)c1ccccc1. The van der Waals surface area contributed by atoms with Crippen LogP contribution < -0.4 is 10.2 Å². The van der Waals surface area contributed by atoms with Gasteiger partial charge >= 0.3 is 0 Å². The maximum absolute atomic E-state index is 11.7. The molecule has 0 aromatic heterocycles. The summed E-state index contributed by atoms with van der Waals surface area (Å²) in [7, 11) is 0. The van der Waals surface area contributed by atoms with Crippen LogP contribution in [0.3, 0.4) is 0 Å². The number of carbonyl (C=O) groups excluding carboxylic acids is 2. The highest BCUT2D eigenvalue weighted by molar-refractivity contribution is 5.91. The maximum atomic E-state index is 11.7. The Kier molecular flexibility index (Phi) is 4.55. The molecule has 1 aliphatic rings. The lowest BCUT2D eigenvalue weighted by Gasteiger charge is -2.25. The molecule has 4 heteroatoms. The summed E-state index contributed by atoms with van der Waals surface area (Å²) in [4.78, 5) is 25.0. The third kappa shape index (κ3) is 3.56. The molecule has 2 rings (SSSR count). The van der Waals surface area contributed by atoms with E-state index in [0.717, 1.165) is 24.9 Å². The predicted octanol–water partition coefficient (Wildman–Crippen LogP) is 1.96. The maximum Gasteiger partial charge on any atom is 0.223 e. The van der Waals surface area contributed by atoms with Crippen LogP contribution in [0.25, 0.3) is 0 Å². The first-order chi connectivity index (χ1) is 9.18. The average molecular weight is 260 g/mol. The number of nitrogens with zero attached hydrogens (tertiary/aromatic N) is 1. The number of carbonyl (C=O) groups is 2. The van der Waals surface area contributed by atoms with Crippen LogP contribution in [0.2, 0.25) is 0 Å². The minimum Gasteiger partial charge on any atom is -0.354 e. The van der Waals surface area contributed by atoms with E-state index in [1.807, 2.05) is 30.3 Å². The zero-order valence-electron chi connectivity index (χ0n) is 11.3. The smallest absolute Gasteiger partial charge is 0.223 e. The molecule has 2 amide bonds. The summed E-state index contributed by atoms with van der Waals surface area (Å²) in [6.45, 7) is 2.56. The summed E-state index contributed by atoms with van der Waals surface area (Å²) in [6, 6.07) is 9.51. The highest BCUT2D eigenvalue weighted by Crippen LogP contribution is 2.26. The van der Waals surface area contributed by atoms with Crippen molar-refractivity contribution in [3.63, 3.8) is 0 Å². The van der Waals surface area contributed by atoms with E-state index in [2.05, 4.69) is 5.32 Å². The minimum atomic E-state index is -0.0101. The topological polar surface area (TPSA) is 49.4 Å². The molecule has 1 fully saturated rings. The van der Waals surface area contributed by atoms with E-state index < -0.39 is 0 Å². The van der Waals surface area contributed by atoms with Gasteiger partial charge in [0.1, 0.15) is 0 Å². The van der Waals surface area contributed by atoms with E-state index in [0.29, 0.717) is 13.1 Å². The largest absolute Gasteiger partial charge is 0.354 e. The third-order valence-corrected chi connectivity index (χ3v) is 3.56. The molecule has 0 saturated heterocycles. The van der Waals surface area contributed by atoms with Crippen molar-refractivity contribution in [2.45, 2.75) is 26.2 Å². The fourth-order valence-electron chi connectivity index (χ4n) is 2.18. The number of anilines is 1. The van der Waals surface area contributed by atoms with Crippen LogP contribution in [0.5, 0.6) is 0 Å². The van der Waals surface area contributed by atoms with E-state index in [4.69, 9.17) is 0 Å². The van der Waals surface area contributed by atoms with Gasteiger partial charge in [-0.25, -0.2) is 0 Å². The predicted molar refractivity (Wildman–Crippen MR) is 74.8 cm³/mol. The number of nitrogens with one attached hydrogen (secondary N) is 1. The molecule has 1 aromatic carbocycles. The summed E-state index contributed by atoms with van der Waals surface area (Å²) < 4.78 is 0. The number of benzene rings is 1. The standard InChI is InChI=1S/C15H20N2O2/c1-12(18)17(14-8-3-2-4-9-14)11-10-16-15(19)13-6-5-7-13/h2-4,8-9,13H,5-7,10-11H2,1H3,(H,16,19). The van der Waals surface area contributed by atoms with Crippen molar-refractivity contribution in [2.24, 2.45) is 5.92 Å². The van der Waals surface area contributed by atoms with Crippen LogP contribution in [0.4, 0.5) is 5.69 Å². The zero-order chi connectivity index (χ0) is 13.7. The van der Waals surface area contributed by atoms with Gasteiger partial charge in [-0.2, -0.15) is 0 Å². The van der Waals surface area contributed by atoms with Crippen LogP contribution in [0.1, 0.15) is 26.2 Å². The van der Waals surface area contributed by atoms with E-state index in [9.17, 15) is 9.59 Å². The molecule has 0 unspecified atom stereocenters. The molecule has 4 nitrogen and oxygen atoms in total. The van der Waals surface area contributed by atoms with Gasteiger partial charge in [-0.15, -0.1) is 0 Å². The van der Waals surface area contributed by atoms with Crippen molar-refractivity contribution >= 4 is 17.5 Å². The van der Waals surface area contributed by atoms with Gasteiger partial charge in [0, 0.05) is 31.6 Å². The van der Waals surface area contributed by atoms with Gasteiger partial charge in [0.05, 0.1) is 0 Å². The Bertz CT molecular complexity index is 441. The fourth-order valence-corrected chi connectivity index (χ4v) is 2.18. The van der Waals surface area contributed by atoms with Gasteiger partial charge in [-0.05, 0) is 25.0 Å². The monoisotopic (exact) mass is 260 g/mol. The van der Waals surface area contributed by atoms with Crippen molar-refractivity contribution in [1.29, 1.82) is 0 Å². The Morgan fingerprint density at radius 3 is 2.47 bits per heavy atom. The van der Waals surface area contributed by atoms with E-state index >= 15 is 0 Å². The Morgan fingerprint density at radius 2 is 1.95 bits per heavy atom. The molecule has 1 N–H and O–H groups in total.